The van der Waals surface area contributed by atoms with Crippen molar-refractivity contribution in [3.8, 4) is 11.1 Å². The van der Waals surface area contributed by atoms with Crippen LogP contribution in [-0.2, 0) is 6.42 Å². The quantitative estimate of drug-likeness (QED) is 0.668. The van der Waals surface area contributed by atoms with Gasteiger partial charge in [0.1, 0.15) is 0 Å². The molecule has 2 aromatic carbocycles. The van der Waals surface area contributed by atoms with Crippen LogP contribution < -0.4 is 0 Å². The van der Waals surface area contributed by atoms with Gasteiger partial charge in [0.15, 0.2) is 0 Å². The molecule has 2 aromatic rings. The van der Waals surface area contributed by atoms with Gasteiger partial charge in [0.05, 0.1) is 0 Å². The molecule has 0 heterocycles. The van der Waals surface area contributed by atoms with Crippen LogP contribution in [-0.4, -0.2) is 0 Å². The SMILES string of the molecule is C=C(C)c1cc(-c2cccc(CC)c2)cc(C)c1C. The Morgan fingerprint density at radius 2 is 1.79 bits per heavy atom. The Morgan fingerprint density at radius 3 is 2.42 bits per heavy atom. The first-order valence-corrected chi connectivity index (χ1v) is 6.89. The molecule has 0 unspecified atom stereocenters. The monoisotopic (exact) mass is 250 g/mol. The summed E-state index contributed by atoms with van der Waals surface area (Å²) in [5.41, 5.74) is 9.04. The molecule has 0 spiro atoms. The number of aryl methyl sites for hydroxylation is 2. The predicted molar refractivity (Wildman–Crippen MR) is 85.4 cm³/mol. The highest BCUT2D eigenvalue weighted by molar-refractivity contribution is 5.74. The van der Waals surface area contributed by atoms with Crippen LogP contribution in [0.5, 0.6) is 0 Å². The maximum absolute atomic E-state index is 4.10. The number of allylic oxidation sites excluding steroid dienone is 1. The molecule has 0 radical (unpaired) electrons. The molecule has 0 heteroatoms. The number of benzene rings is 2. The van der Waals surface area contributed by atoms with Crippen molar-refractivity contribution in [2.45, 2.75) is 34.1 Å². The van der Waals surface area contributed by atoms with Crippen molar-refractivity contribution in [1.82, 2.24) is 0 Å². The molecular weight excluding hydrogens is 228 g/mol. The van der Waals surface area contributed by atoms with Crippen molar-refractivity contribution >= 4 is 5.57 Å². The normalized spacial score (nSPS) is 10.5. The Bertz CT molecular complexity index is 618. The van der Waals surface area contributed by atoms with Crippen LogP contribution in [0.1, 0.15) is 36.1 Å². The van der Waals surface area contributed by atoms with Crippen LogP contribution in [0.15, 0.2) is 43.0 Å². The van der Waals surface area contributed by atoms with E-state index in [1.165, 1.54) is 33.4 Å². The lowest BCUT2D eigenvalue weighted by Gasteiger charge is -2.13. The molecule has 0 bridgehead atoms. The second kappa shape index (κ2) is 5.44. The van der Waals surface area contributed by atoms with Crippen LogP contribution in [0.2, 0.25) is 0 Å². The lowest BCUT2D eigenvalue weighted by Crippen LogP contribution is -1.92. The second-order valence-corrected chi connectivity index (χ2v) is 5.30. The number of hydrogen-bond acceptors (Lipinski definition) is 0. The average Bonchev–Trinajstić information content (AvgIpc) is 2.41. The fraction of sp³-hybridized carbons (Fsp3) is 0.263. The van der Waals surface area contributed by atoms with Gasteiger partial charge in [0.2, 0.25) is 0 Å². The van der Waals surface area contributed by atoms with Gasteiger partial charge >= 0.3 is 0 Å². The van der Waals surface area contributed by atoms with Gasteiger partial charge < -0.3 is 0 Å². The van der Waals surface area contributed by atoms with Crippen molar-refractivity contribution in [3.05, 3.63) is 65.2 Å². The molecule has 0 N–H and O–H groups in total. The van der Waals surface area contributed by atoms with E-state index in [9.17, 15) is 0 Å². The van der Waals surface area contributed by atoms with E-state index in [2.05, 4.69) is 70.7 Å². The number of rotatable bonds is 3. The fourth-order valence-electron chi connectivity index (χ4n) is 2.44. The second-order valence-electron chi connectivity index (χ2n) is 5.30. The largest absolute Gasteiger partial charge is 0.0955 e. The van der Waals surface area contributed by atoms with Crippen LogP contribution in [0.25, 0.3) is 16.7 Å². The summed E-state index contributed by atoms with van der Waals surface area (Å²) in [6, 6.07) is 13.3. The molecule has 0 aliphatic carbocycles. The zero-order valence-corrected chi connectivity index (χ0v) is 12.4. The zero-order chi connectivity index (χ0) is 14.0. The van der Waals surface area contributed by atoms with Gasteiger partial charge in [-0.05, 0) is 66.6 Å². The molecule has 0 nitrogen and oxygen atoms in total. The molecule has 0 saturated heterocycles. The molecule has 0 aliphatic heterocycles. The summed E-state index contributed by atoms with van der Waals surface area (Å²) < 4.78 is 0. The Kier molecular flexibility index (Phi) is 3.90. The van der Waals surface area contributed by atoms with Crippen molar-refractivity contribution in [1.29, 1.82) is 0 Å². The van der Waals surface area contributed by atoms with E-state index in [4.69, 9.17) is 0 Å². The van der Waals surface area contributed by atoms with Gasteiger partial charge in [-0.3, -0.25) is 0 Å². The molecule has 0 atom stereocenters. The average molecular weight is 250 g/mol. The van der Waals surface area contributed by atoms with Crippen LogP contribution in [0.3, 0.4) is 0 Å². The third-order valence-electron chi connectivity index (χ3n) is 3.80. The summed E-state index contributed by atoms with van der Waals surface area (Å²) in [7, 11) is 0. The lowest BCUT2D eigenvalue weighted by atomic mass is 9.92. The molecule has 0 aliphatic rings. The predicted octanol–water partition coefficient (Wildman–Crippen LogP) is 5.57. The summed E-state index contributed by atoms with van der Waals surface area (Å²) in [5, 5.41) is 0. The van der Waals surface area contributed by atoms with Crippen molar-refractivity contribution in [2.24, 2.45) is 0 Å². The van der Waals surface area contributed by atoms with E-state index < -0.39 is 0 Å². The van der Waals surface area contributed by atoms with Gasteiger partial charge in [-0.1, -0.05) is 49.4 Å². The smallest absolute Gasteiger partial charge is 0.0175 e. The van der Waals surface area contributed by atoms with Crippen molar-refractivity contribution < 1.29 is 0 Å². The minimum atomic E-state index is 1.08. The lowest BCUT2D eigenvalue weighted by molar-refractivity contribution is 1.14. The molecule has 98 valence electrons. The molecule has 19 heavy (non-hydrogen) atoms. The highest BCUT2D eigenvalue weighted by Gasteiger charge is 2.07. The maximum Gasteiger partial charge on any atom is -0.0175 e. The molecule has 0 fully saturated rings. The summed E-state index contributed by atoms with van der Waals surface area (Å²) >= 11 is 0. The molecule has 2 rings (SSSR count). The van der Waals surface area contributed by atoms with E-state index >= 15 is 0 Å². The van der Waals surface area contributed by atoms with Gasteiger partial charge in [0.25, 0.3) is 0 Å². The summed E-state index contributed by atoms with van der Waals surface area (Å²) in [5.74, 6) is 0. The third kappa shape index (κ3) is 2.78. The van der Waals surface area contributed by atoms with Crippen molar-refractivity contribution in [3.63, 3.8) is 0 Å². The first-order chi connectivity index (χ1) is 9.02. The minimum Gasteiger partial charge on any atom is -0.0955 e. The van der Waals surface area contributed by atoms with Crippen LogP contribution in [0, 0.1) is 13.8 Å². The summed E-state index contributed by atoms with van der Waals surface area (Å²) in [6.45, 7) is 12.7. The van der Waals surface area contributed by atoms with E-state index in [0.29, 0.717) is 0 Å². The molecule has 0 aromatic heterocycles. The Labute approximate surface area is 116 Å². The van der Waals surface area contributed by atoms with Crippen LogP contribution >= 0.6 is 0 Å². The van der Waals surface area contributed by atoms with Crippen LogP contribution in [0.4, 0.5) is 0 Å². The van der Waals surface area contributed by atoms with Gasteiger partial charge in [-0.25, -0.2) is 0 Å². The first-order valence-electron chi connectivity index (χ1n) is 6.89. The highest BCUT2D eigenvalue weighted by Crippen LogP contribution is 2.29. The van der Waals surface area contributed by atoms with Gasteiger partial charge in [-0.15, -0.1) is 0 Å². The van der Waals surface area contributed by atoms with E-state index in [1.54, 1.807) is 0 Å². The maximum atomic E-state index is 4.10. The zero-order valence-electron chi connectivity index (χ0n) is 12.4. The first kappa shape index (κ1) is 13.6. The minimum absolute atomic E-state index is 1.08. The van der Waals surface area contributed by atoms with E-state index in [1.807, 2.05) is 0 Å². The van der Waals surface area contributed by atoms with Gasteiger partial charge in [0, 0.05) is 0 Å². The molecule has 0 saturated carbocycles. The van der Waals surface area contributed by atoms with Crippen molar-refractivity contribution in [2.75, 3.05) is 0 Å². The Morgan fingerprint density at radius 1 is 1.05 bits per heavy atom. The summed E-state index contributed by atoms with van der Waals surface area (Å²) in [4.78, 5) is 0. The Balaban J connectivity index is 2.59. The molecule has 0 amide bonds. The van der Waals surface area contributed by atoms with Gasteiger partial charge in [-0.2, -0.15) is 0 Å². The Hall–Kier alpha value is -1.82. The summed E-state index contributed by atoms with van der Waals surface area (Å²) in [6.07, 6.45) is 1.08. The van der Waals surface area contributed by atoms with E-state index in [-0.39, 0.29) is 0 Å². The highest BCUT2D eigenvalue weighted by atomic mass is 14.1. The fourth-order valence-corrected chi connectivity index (χ4v) is 2.44. The van der Waals surface area contributed by atoms with E-state index in [0.717, 1.165) is 12.0 Å². The number of hydrogen-bond donors (Lipinski definition) is 0. The molecular formula is C19H22. The third-order valence-corrected chi connectivity index (χ3v) is 3.80. The standard InChI is InChI=1S/C19H22/c1-6-16-8-7-9-17(11-16)18-10-14(4)15(5)19(12-18)13(2)3/h7-12H,2,6H2,1,3-5H3. The topological polar surface area (TPSA) is 0 Å².